The van der Waals surface area contributed by atoms with E-state index in [1.165, 1.54) is 18.2 Å². The Balaban J connectivity index is 2.14. The van der Waals surface area contributed by atoms with Crippen LogP contribution in [-0.2, 0) is 0 Å². The summed E-state index contributed by atoms with van der Waals surface area (Å²) in [5, 5.41) is 3.74. The topological polar surface area (TPSA) is 32.3 Å². The van der Waals surface area contributed by atoms with Gasteiger partial charge in [-0.3, -0.25) is 4.79 Å². The molecule has 20 heavy (non-hydrogen) atoms. The van der Waals surface area contributed by atoms with Gasteiger partial charge in [-0.1, -0.05) is 18.5 Å². The summed E-state index contributed by atoms with van der Waals surface area (Å²) in [5.74, 6) is -0.791. The normalized spacial score (nSPS) is 18.2. The van der Waals surface area contributed by atoms with Crippen molar-refractivity contribution >= 4 is 17.5 Å². The molecular weight excluding hydrogens is 279 g/mol. The summed E-state index contributed by atoms with van der Waals surface area (Å²) in [4.78, 5) is 14.2. The summed E-state index contributed by atoms with van der Waals surface area (Å²) in [6, 6.07) is 4.42. The standard InChI is InChI=1S/C15H20ClFN2O/c1-2-8-19(10-12-4-3-7-18-12)15(20)13-9-11(16)5-6-14(13)17/h5-6,9,12,18H,2-4,7-8,10H2,1H3. The maximum Gasteiger partial charge on any atom is 0.256 e. The molecule has 2 rings (SSSR count). The zero-order valence-electron chi connectivity index (χ0n) is 11.7. The third kappa shape index (κ3) is 3.70. The highest BCUT2D eigenvalue weighted by Crippen LogP contribution is 2.18. The number of nitrogens with zero attached hydrogens (tertiary/aromatic N) is 1. The molecule has 1 aromatic carbocycles. The van der Waals surface area contributed by atoms with E-state index < -0.39 is 5.82 Å². The first-order valence-electron chi connectivity index (χ1n) is 7.09. The number of amides is 1. The third-order valence-electron chi connectivity index (χ3n) is 3.54. The van der Waals surface area contributed by atoms with Gasteiger partial charge in [0.2, 0.25) is 0 Å². The van der Waals surface area contributed by atoms with Crippen molar-refractivity contribution in [3.63, 3.8) is 0 Å². The minimum absolute atomic E-state index is 0.0592. The molecule has 5 heteroatoms. The highest BCUT2D eigenvalue weighted by atomic mass is 35.5. The lowest BCUT2D eigenvalue weighted by Crippen LogP contribution is -2.41. The van der Waals surface area contributed by atoms with Crippen molar-refractivity contribution in [2.24, 2.45) is 0 Å². The van der Waals surface area contributed by atoms with E-state index in [2.05, 4.69) is 5.32 Å². The van der Waals surface area contributed by atoms with E-state index in [0.717, 1.165) is 25.8 Å². The molecule has 0 aromatic heterocycles. The Bertz CT molecular complexity index is 475. The van der Waals surface area contributed by atoms with Gasteiger partial charge in [-0.25, -0.2) is 4.39 Å². The molecule has 1 amide bonds. The van der Waals surface area contributed by atoms with Gasteiger partial charge >= 0.3 is 0 Å². The Kier molecular flexibility index (Phi) is 5.38. The Morgan fingerprint density at radius 1 is 1.55 bits per heavy atom. The van der Waals surface area contributed by atoms with Gasteiger partial charge in [-0.05, 0) is 44.0 Å². The van der Waals surface area contributed by atoms with E-state index in [4.69, 9.17) is 11.6 Å². The van der Waals surface area contributed by atoms with Crippen molar-refractivity contribution in [2.75, 3.05) is 19.6 Å². The number of halogens is 2. The van der Waals surface area contributed by atoms with Crippen LogP contribution < -0.4 is 5.32 Å². The number of rotatable bonds is 5. The predicted molar refractivity (Wildman–Crippen MR) is 78.6 cm³/mol. The number of carbonyl (C=O) groups is 1. The molecule has 0 saturated carbocycles. The molecule has 1 heterocycles. The lowest BCUT2D eigenvalue weighted by Gasteiger charge is -2.25. The summed E-state index contributed by atoms with van der Waals surface area (Å²) < 4.78 is 13.8. The van der Waals surface area contributed by atoms with Crippen molar-refractivity contribution in [1.82, 2.24) is 10.2 Å². The summed E-state index contributed by atoms with van der Waals surface area (Å²) >= 11 is 5.86. The zero-order valence-corrected chi connectivity index (χ0v) is 12.4. The first kappa shape index (κ1) is 15.3. The van der Waals surface area contributed by atoms with E-state index >= 15 is 0 Å². The molecule has 1 N–H and O–H groups in total. The van der Waals surface area contributed by atoms with Crippen molar-refractivity contribution < 1.29 is 9.18 Å². The smallest absolute Gasteiger partial charge is 0.256 e. The fourth-order valence-corrected chi connectivity index (χ4v) is 2.73. The van der Waals surface area contributed by atoms with Crippen LogP contribution in [0, 0.1) is 5.82 Å². The maximum atomic E-state index is 13.8. The first-order chi connectivity index (χ1) is 9.61. The van der Waals surface area contributed by atoms with Crippen LogP contribution in [0.2, 0.25) is 5.02 Å². The molecule has 1 aromatic rings. The quantitative estimate of drug-likeness (QED) is 0.906. The first-order valence-corrected chi connectivity index (χ1v) is 7.47. The molecule has 3 nitrogen and oxygen atoms in total. The van der Waals surface area contributed by atoms with E-state index in [-0.39, 0.29) is 11.5 Å². The van der Waals surface area contributed by atoms with E-state index in [1.807, 2.05) is 6.92 Å². The molecule has 1 aliphatic heterocycles. The van der Waals surface area contributed by atoms with Gasteiger partial charge in [0.1, 0.15) is 5.82 Å². The number of hydrogen-bond donors (Lipinski definition) is 1. The summed E-state index contributed by atoms with van der Waals surface area (Å²) in [6.45, 7) is 4.25. The average molecular weight is 299 g/mol. The lowest BCUT2D eigenvalue weighted by molar-refractivity contribution is 0.0737. The molecular formula is C15H20ClFN2O. The van der Waals surface area contributed by atoms with Crippen LogP contribution >= 0.6 is 11.6 Å². The second-order valence-corrected chi connectivity index (χ2v) is 5.61. The van der Waals surface area contributed by atoms with Crippen LogP contribution in [0.15, 0.2) is 18.2 Å². The van der Waals surface area contributed by atoms with Crippen molar-refractivity contribution in [3.8, 4) is 0 Å². The second-order valence-electron chi connectivity index (χ2n) is 5.17. The number of hydrogen-bond acceptors (Lipinski definition) is 2. The molecule has 0 radical (unpaired) electrons. The van der Waals surface area contributed by atoms with Gasteiger partial charge in [0.05, 0.1) is 5.56 Å². The summed E-state index contributed by atoms with van der Waals surface area (Å²) in [6.07, 6.45) is 3.04. The number of carbonyl (C=O) groups excluding carboxylic acids is 1. The lowest BCUT2D eigenvalue weighted by atomic mass is 10.1. The molecule has 0 aliphatic carbocycles. The fraction of sp³-hybridized carbons (Fsp3) is 0.533. The highest BCUT2D eigenvalue weighted by Gasteiger charge is 2.23. The Hall–Kier alpha value is -1.13. The van der Waals surface area contributed by atoms with Crippen molar-refractivity contribution in [1.29, 1.82) is 0 Å². The molecule has 110 valence electrons. The van der Waals surface area contributed by atoms with Crippen molar-refractivity contribution in [2.45, 2.75) is 32.2 Å². The SMILES string of the molecule is CCCN(CC1CCCN1)C(=O)c1cc(Cl)ccc1F. The van der Waals surface area contributed by atoms with Gasteiger partial charge in [0, 0.05) is 24.2 Å². The van der Waals surface area contributed by atoms with Gasteiger partial charge < -0.3 is 10.2 Å². The predicted octanol–water partition coefficient (Wildman–Crippen LogP) is 3.08. The van der Waals surface area contributed by atoms with Crippen LogP contribution in [0.25, 0.3) is 0 Å². The van der Waals surface area contributed by atoms with E-state index in [0.29, 0.717) is 24.2 Å². The summed E-state index contributed by atoms with van der Waals surface area (Å²) in [5.41, 5.74) is 0.0592. The average Bonchev–Trinajstić information content (AvgIpc) is 2.93. The van der Waals surface area contributed by atoms with Crippen LogP contribution in [-0.4, -0.2) is 36.5 Å². The monoisotopic (exact) mass is 298 g/mol. The largest absolute Gasteiger partial charge is 0.337 e. The molecule has 1 unspecified atom stereocenters. The Morgan fingerprint density at radius 2 is 2.35 bits per heavy atom. The maximum absolute atomic E-state index is 13.8. The van der Waals surface area contributed by atoms with Gasteiger partial charge in [-0.15, -0.1) is 0 Å². The van der Waals surface area contributed by atoms with E-state index in [1.54, 1.807) is 4.90 Å². The zero-order chi connectivity index (χ0) is 14.5. The third-order valence-corrected chi connectivity index (χ3v) is 3.78. The minimum atomic E-state index is -0.514. The summed E-state index contributed by atoms with van der Waals surface area (Å²) in [7, 11) is 0. The van der Waals surface area contributed by atoms with Crippen molar-refractivity contribution in [3.05, 3.63) is 34.6 Å². The van der Waals surface area contributed by atoms with Crippen LogP contribution in [0.1, 0.15) is 36.5 Å². The number of nitrogens with one attached hydrogen (secondary N) is 1. The Labute approximate surface area is 124 Å². The highest BCUT2D eigenvalue weighted by molar-refractivity contribution is 6.31. The fourth-order valence-electron chi connectivity index (χ4n) is 2.56. The molecule has 1 atom stereocenters. The van der Waals surface area contributed by atoms with E-state index in [9.17, 15) is 9.18 Å². The molecule has 0 spiro atoms. The second kappa shape index (κ2) is 7.04. The van der Waals surface area contributed by atoms with Crippen LogP contribution in [0.3, 0.4) is 0 Å². The minimum Gasteiger partial charge on any atom is -0.337 e. The van der Waals surface area contributed by atoms with Gasteiger partial charge in [0.25, 0.3) is 5.91 Å². The molecule has 1 aliphatic rings. The Morgan fingerprint density at radius 3 is 3.00 bits per heavy atom. The molecule has 0 bridgehead atoms. The molecule has 1 saturated heterocycles. The van der Waals surface area contributed by atoms with Crippen LogP contribution in [0.4, 0.5) is 4.39 Å². The molecule has 1 fully saturated rings. The van der Waals surface area contributed by atoms with Gasteiger partial charge in [0.15, 0.2) is 0 Å². The number of benzene rings is 1. The van der Waals surface area contributed by atoms with Crippen LogP contribution in [0.5, 0.6) is 0 Å². The van der Waals surface area contributed by atoms with Gasteiger partial charge in [-0.2, -0.15) is 0 Å².